The van der Waals surface area contributed by atoms with Crippen LogP contribution in [0.5, 0.6) is 0 Å². The maximum absolute atomic E-state index is 3.72. The topological polar surface area (TPSA) is 12.0 Å². The second-order valence-corrected chi connectivity index (χ2v) is 8.10. The van der Waals surface area contributed by atoms with Gasteiger partial charge in [-0.2, -0.15) is 0 Å². The predicted octanol–water partition coefficient (Wildman–Crippen LogP) is 5.47. The highest BCUT2D eigenvalue weighted by atomic mass is 14.9. The fourth-order valence-electron chi connectivity index (χ4n) is 3.46. The van der Waals surface area contributed by atoms with Crippen molar-refractivity contribution < 1.29 is 0 Å². The summed E-state index contributed by atoms with van der Waals surface area (Å²) in [7, 11) is 0. The lowest BCUT2D eigenvalue weighted by molar-refractivity contribution is 0.269. The van der Waals surface area contributed by atoms with E-state index in [1.165, 1.54) is 31.2 Å². The molecule has 0 amide bonds. The molecule has 21 heavy (non-hydrogen) atoms. The van der Waals surface area contributed by atoms with Crippen LogP contribution in [0.15, 0.2) is 24.3 Å². The van der Waals surface area contributed by atoms with Crippen LogP contribution in [-0.2, 0) is 0 Å². The Morgan fingerprint density at radius 3 is 2.24 bits per heavy atom. The van der Waals surface area contributed by atoms with E-state index in [2.05, 4.69) is 64.2 Å². The first-order chi connectivity index (χ1) is 9.87. The molecule has 1 aromatic carbocycles. The fourth-order valence-corrected chi connectivity index (χ4v) is 3.46. The highest BCUT2D eigenvalue weighted by molar-refractivity contribution is 5.28. The summed E-state index contributed by atoms with van der Waals surface area (Å²) in [5.41, 5.74) is 3.24. The highest BCUT2D eigenvalue weighted by Crippen LogP contribution is 2.38. The second-order valence-electron chi connectivity index (χ2n) is 8.10. The van der Waals surface area contributed by atoms with Gasteiger partial charge in [0.1, 0.15) is 0 Å². The molecule has 1 saturated carbocycles. The van der Waals surface area contributed by atoms with E-state index < -0.39 is 0 Å². The smallest absolute Gasteiger partial charge is 0.00966 e. The van der Waals surface area contributed by atoms with Gasteiger partial charge in [0.2, 0.25) is 0 Å². The first-order valence-electron chi connectivity index (χ1n) is 8.72. The third-order valence-electron chi connectivity index (χ3n) is 4.83. The summed E-state index contributed by atoms with van der Waals surface area (Å²) in [6.45, 7) is 12.5. The standard InChI is InChI=1S/C20H33N/c1-15(2)16-10-12-17(13-11-16)19-9-7-6-8-18(19)14-21-20(3,4)5/h10-13,15,18-19,21H,6-9,14H2,1-5H3. The summed E-state index contributed by atoms with van der Waals surface area (Å²) in [5.74, 6) is 2.17. The summed E-state index contributed by atoms with van der Waals surface area (Å²) in [5, 5.41) is 3.72. The maximum Gasteiger partial charge on any atom is 0.00966 e. The lowest BCUT2D eigenvalue weighted by Crippen LogP contribution is -2.41. The molecule has 0 radical (unpaired) electrons. The molecule has 118 valence electrons. The molecule has 0 aliphatic heterocycles. The van der Waals surface area contributed by atoms with E-state index in [0.29, 0.717) is 5.92 Å². The van der Waals surface area contributed by atoms with Crippen LogP contribution in [0, 0.1) is 5.92 Å². The van der Waals surface area contributed by atoms with E-state index >= 15 is 0 Å². The van der Waals surface area contributed by atoms with Crippen LogP contribution in [0.4, 0.5) is 0 Å². The van der Waals surface area contributed by atoms with Crippen molar-refractivity contribution in [1.29, 1.82) is 0 Å². The molecule has 0 bridgehead atoms. The predicted molar refractivity (Wildman–Crippen MR) is 93.0 cm³/mol. The molecule has 1 aliphatic rings. The minimum Gasteiger partial charge on any atom is -0.312 e. The first kappa shape index (κ1) is 16.5. The van der Waals surface area contributed by atoms with Crippen LogP contribution < -0.4 is 5.32 Å². The van der Waals surface area contributed by atoms with Crippen molar-refractivity contribution in [2.75, 3.05) is 6.54 Å². The summed E-state index contributed by atoms with van der Waals surface area (Å²) in [6.07, 6.45) is 5.52. The molecule has 1 fully saturated rings. The molecule has 2 unspecified atom stereocenters. The second kappa shape index (κ2) is 6.96. The monoisotopic (exact) mass is 287 g/mol. The van der Waals surface area contributed by atoms with Crippen molar-refractivity contribution >= 4 is 0 Å². The molecule has 0 saturated heterocycles. The van der Waals surface area contributed by atoms with E-state index in [-0.39, 0.29) is 5.54 Å². The van der Waals surface area contributed by atoms with Gasteiger partial charge in [-0.15, -0.1) is 0 Å². The summed E-state index contributed by atoms with van der Waals surface area (Å²) in [6, 6.07) is 9.44. The molecule has 1 nitrogen and oxygen atoms in total. The Morgan fingerprint density at radius 2 is 1.67 bits per heavy atom. The van der Waals surface area contributed by atoms with Gasteiger partial charge in [0, 0.05) is 5.54 Å². The quantitative estimate of drug-likeness (QED) is 0.774. The van der Waals surface area contributed by atoms with Crippen molar-refractivity contribution in [3.05, 3.63) is 35.4 Å². The fraction of sp³-hybridized carbons (Fsp3) is 0.700. The summed E-state index contributed by atoms with van der Waals surface area (Å²) in [4.78, 5) is 0. The average molecular weight is 287 g/mol. The van der Waals surface area contributed by atoms with Gasteiger partial charge in [0.15, 0.2) is 0 Å². The molecule has 1 aromatic rings. The molecule has 0 spiro atoms. The van der Waals surface area contributed by atoms with Gasteiger partial charge < -0.3 is 5.32 Å². The van der Waals surface area contributed by atoms with Crippen molar-refractivity contribution in [2.24, 2.45) is 5.92 Å². The van der Waals surface area contributed by atoms with Gasteiger partial charge in [-0.25, -0.2) is 0 Å². The van der Waals surface area contributed by atoms with E-state index in [1.807, 2.05) is 0 Å². The van der Waals surface area contributed by atoms with Crippen LogP contribution in [0.1, 0.15) is 83.3 Å². The zero-order valence-electron chi connectivity index (χ0n) is 14.6. The summed E-state index contributed by atoms with van der Waals surface area (Å²) >= 11 is 0. The van der Waals surface area contributed by atoms with Gasteiger partial charge in [0.25, 0.3) is 0 Å². The van der Waals surface area contributed by atoms with Gasteiger partial charge in [-0.3, -0.25) is 0 Å². The van der Waals surface area contributed by atoms with E-state index in [1.54, 1.807) is 5.56 Å². The Labute approximate surface area is 131 Å². The molecule has 0 heterocycles. The molecule has 2 rings (SSSR count). The SMILES string of the molecule is CC(C)c1ccc(C2CCCCC2CNC(C)(C)C)cc1. The van der Waals surface area contributed by atoms with E-state index in [4.69, 9.17) is 0 Å². The van der Waals surface area contributed by atoms with Crippen molar-refractivity contribution in [3.63, 3.8) is 0 Å². The van der Waals surface area contributed by atoms with Gasteiger partial charge in [-0.1, -0.05) is 51.0 Å². The van der Waals surface area contributed by atoms with Gasteiger partial charge in [0.05, 0.1) is 0 Å². The lowest BCUT2D eigenvalue weighted by atomic mass is 9.75. The number of hydrogen-bond donors (Lipinski definition) is 1. The minimum absolute atomic E-state index is 0.226. The molecular formula is C20H33N. The largest absolute Gasteiger partial charge is 0.312 e. The molecule has 1 aliphatic carbocycles. The Kier molecular flexibility index (Phi) is 5.48. The Balaban J connectivity index is 2.07. The maximum atomic E-state index is 3.72. The van der Waals surface area contributed by atoms with Crippen molar-refractivity contribution in [1.82, 2.24) is 5.32 Å². The third-order valence-corrected chi connectivity index (χ3v) is 4.83. The molecule has 0 aromatic heterocycles. The number of nitrogens with one attached hydrogen (secondary N) is 1. The van der Waals surface area contributed by atoms with Crippen molar-refractivity contribution in [3.8, 4) is 0 Å². The normalized spacial score (nSPS) is 23.5. The Hall–Kier alpha value is -0.820. The Bertz CT molecular complexity index is 424. The van der Waals surface area contributed by atoms with Crippen LogP contribution in [0.2, 0.25) is 0 Å². The highest BCUT2D eigenvalue weighted by Gasteiger charge is 2.27. The average Bonchev–Trinajstić information content (AvgIpc) is 2.45. The van der Waals surface area contributed by atoms with Gasteiger partial charge >= 0.3 is 0 Å². The van der Waals surface area contributed by atoms with E-state index in [9.17, 15) is 0 Å². The molecule has 1 heteroatoms. The van der Waals surface area contributed by atoms with Crippen LogP contribution in [0.25, 0.3) is 0 Å². The van der Waals surface area contributed by atoms with Crippen LogP contribution >= 0.6 is 0 Å². The van der Waals surface area contributed by atoms with Gasteiger partial charge in [-0.05, 0) is 69.0 Å². The number of hydrogen-bond acceptors (Lipinski definition) is 1. The van der Waals surface area contributed by atoms with Crippen LogP contribution in [0.3, 0.4) is 0 Å². The zero-order valence-corrected chi connectivity index (χ0v) is 14.6. The van der Waals surface area contributed by atoms with Crippen molar-refractivity contribution in [2.45, 2.75) is 77.7 Å². The third kappa shape index (κ3) is 4.85. The first-order valence-corrected chi connectivity index (χ1v) is 8.72. The van der Waals surface area contributed by atoms with E-state index in [0.717, 1.165) is 18.4 Å². The number of rotatable bonds is 4. The summed E-state index contributed by atoms with van der Waals surface area (Å²) < 4.78 is 0. The molecule has 2 atom stereocenters. The minimum atomic E-state index is 0.226. The Morgan fingerprint density at radius 1 is 1.05 bits per heavy atom. The molecular weight excluding hydrogens is 254 g/mol. The molecule has 1 N–H and O–H groups in total. The zero-order chi connectivity index (χ0) is 15.5. The van der Waals surface area contributed by atoms with Crippen LogP contribution in [-0.4, -0.2) is 12.1 Å². The lowest BCUT2D eigenvalue weighted by Gasteiger charge is -2.34. The number of benzene rings is 1.